The van der Waals surface area contributed by atoms with Crippen LogP contribution in [0.15, 0.2) is 224 Å². The van der Waals surface area contributed by atoms with Crippen LogP contribution in [0.5, 0.6) is 0 Å². The van der Waals surface area contributed by atoms with Crippen molar-refractivity contribution >= 4 is 49.4 Å². The molecule has 258 valence electrons. The van der Waals surface area contributed by atoms with Crippen molar-refractivity contribution in [2.24, 2.45) is 0 Å². The van der Waals surface area contributed by atoms with Gasteiger partial charge < -0.3 is 4.90 Å². The molecule has 0 saturated carbocycles. The molecule has 10 rings (SSSR count). The van der Waals surface area contributed by atoms with Crippen LogP contribution in [-0.2, 0) is 0 Å². The number of hydrogen-bond acceptors (Lipinski definition) is 1. The molecule has 0 saturated heterocycles. The van der Waals surface area contributed by atoms with Gasteiger partial charge in [-0.15, -0.1) is 0 Å². The van der Waals surface area contributed by atoms with E-state index in [2.05, 4.69) is 229 Å². The first-order valence-electron chi connectivity index (χ1n) is 18.9. The second-order valence-electron chi connectivity index (χ2n) is 14.1. The highest BCUT2D eigenvalue weighted by Gasteiger charge is 2.25. The van der Waals surface area contributed by atoms with Gasteiger partial charge in [0.2, 0.25) is 0 Å². The van der Waals surface area contributed by atoms with E-state index in [9.17, 15) is 0 Å². The molecule has 1 nitrogen and oxygen atoms in total. The van der Waals surface area contributed by atoms with Crippen LogP contribution in [0.2, 0.25) is 0 Å². The van der Waals surface area contributed by atoms with E-state index in [0.717, 1.165) is 17.1 Å². The van der Waals surface area contributed by atoms with Gasteiger partial charge in [0, 0.05) is 22.2 Å². The Morgan fingerprint density at radius 1 is 0.273 bits per heavy atom. The third-order valence-corrected chi connectivity index (χ3v) is 10.8. The molecule has 10 aromatic rings. The van der Waals surface area contributed by atoms with Gasteiger partial charge in [0.05, 0.1) is 11.4 Å². The zero-order valence-corrected chi connectivity index (χ0v) is 30.3. The average molecular weight is 700 g/mol. The number of fused-ring (bicyclic) bond motifs is 4. The number of benzene rings is 10. The van der Waals surface area contributed by atoms with Crippen molar-refractivity contribution in [2.75, 3.05) is 4.90 Å². The maximum atomic E-state index is 2.50. The van der Waals surface area contributed by atoms with E-state index >= 15 is 0 Å². The summed E-state index contributed by atoms with van der Waals surface area (Å²) in [7, 11) is 0. The predicted molar refractivity (Wildman–Crippen MR) is 235 cm³/mol. The summed E-state index contributed by atoms with van der Waals surface area (Å²) in [5, 5.41) is 7.38. The van der Waals surface area contributed by atoms with Crippen molar-refractivity contribution in [3.63, 3.8) is 0 Å². The first-order valence-corrected chi connectivity index (χ1v) is 18.9. The van der Waals surface area contributed by atoms with E-state index in [0.29, 0.717) is 0 Å². The van der Waals surface area contributed by atoms with Gasteiger partial charge in [-0.25, -0.2) is 0 Å². The summed E-state index contributed by atoms with van der Waals surface area (Å²) in [6, 6.07) is 81.6. The highest BCUT2D eigenvalue weighted by atomic mass is 15.1. The van der Waals surface area contributed by atoms with Crippen molar-refractivity contribution in [2.45, 2.75) is 0 Å². The summed E-state index contributed by atoms with van der Waals surface area (Å²) < 4.78 is 0. The highest BCUT2D eigenvalue weighted by Crippen LogP contribution is 2.51. The zero-order chi connectivity index (χ0) is 36.6. The minimum Gasteiger partial charge on any atom is -0.309 e. The van der Waals surface area contributed by atoms with E-state index in [-0.39, 0.29) is 0 Å². The Hall–Kier alpha value is -7.22. The fraction of sp³-hybridized carbons (Fsp3) is 0. The van der Waals surface area contributed by atoms with Crippen LogP contribution in [0.25, 0.3) is 76.8 Å². The zero-order valence-electron chi connectivity index (χ0n) is 30.3. The summed E-state index contributed by atoms with van der Waals surface area (Å²) in [6.45, 7) is 0. The van der Waals surface area contributed by atoms with Gasteiger partial charge >= 0.3 is 0 Å². The molecule has 1 heteroatoms. The van der Waals surface area contributed by atoms with Crippen molar-refractivity contribution < 1.29 is 0 Å². The normalized spacial score (nSPS) is 11.3. The second kappa shape index (κ2) is 14.0. The van der Waals surface area contributed by atoms with Crippen LogP contribution >= 0.6 is 0 Å². The lowest BCUT2D eigenvalue weighted by atomic mass is 9.89. The first kappa shape index (κ1) is 32.4. The van der Waals surface area contributed by atoms with Crippen molar-refractivity contribution in [1.29, 1.82) is 0 Å². The predicted octanol–water partition coefficient (Wildman–Crippen LogP) is 15.3. The topological polar surface area (TPSA) is 3.24 Å². The largest absolute Gasteiger partial charge is 0.309 e. The molecule has 0 amide bonds. The molecule has 0 fully saturated rings. The fourth-order valence-electron chi connectivity index (χ4n) is 8.20. The van der Waals surface area contributed by atoms with E-state index in [4.69, 9.17) is 0 Å². The Morgan fingerprint density at radius 2 is 0.745 bits per heavy atom. The Balaban J connectivity index is 1.25. The minimum atomic E-state index is 1.09. The summed E-state index contributed by atoms with van der Waals surface area (Å²) in [5.74, 6) is 0. The van der Waals surface area contributed by atoms with Gasteiger partial charge in [-0.2, -0.15) is 0 Å². The van der Waals surface area contributed by atoms with Crippen LogP contribution in [0, 0.1) is 0 Å². The lowest BCUT2D eigenvalue weighted by Gasteiger charge is -2.32. The van der Waals surface area contributed by atoms with Crippen molar-refractivity contribution in [3.05, 3.63) is 224 Å². The smallest absolute Gasteiger partial charge is 0.0625 e. The van der Waals surface area contributed by atoms with Crippen LogP contribution in [0.4, 0.5) is 17.1 Å². The summed E-state index contributed by atoms with van der Waals surface area (Å²) >= 11 is 0. The third kappa shape index (κ3) is 5.93. The molecule has 0 atom stereocenters. The van der Waals surface area contributed by atoms with Gasteiger partial charge in [-0.05, 0) is 84.6 Å². The lowest BCUT2D eigenvalue weighted by Crippen LogP contribution is -2.13. The molecule has 0 aliphatic heterocycles. The molecule has 0 aliphatic carbocycles. The van der Waals surface area contributed by atoms with Gasteiger partial charge in [0.25, 0.3) is 0 Å². The van der Waals surface area contributed by atoms with Crippen LogP contribution in [-0.4, -0.2) is 0 Å². The van der Waals surface area contributed by atoms with E-state index in [1.54, 1.807) is 0 Å². The molecule has 0 spiro atoms. The second-order valence-corrected chi connectivity index (χ2v) is 14.1. The molecule has 0 aliphatic rings. The molecular weight excluding hydrogens is 663 g/mol. The van der Waals surface area contributed by atoms with E-state index < -0.39 is 0 Å². The molecule has 0 radical (unpaired) electrons. The number of nitrogens with zero attached hydrogens (tertiary/aromatic N) is 1. The molecule has 0 N–H and O–H groups in total. The summed E-state index contributed by atoms with van der Waals surface area (Å²) in [4.78, 5) is 2.50. The Bertz CT molecular complexity index is 2950. The number of anilines is 3. The SMILES string of the molecule is c1ccc(-c2ccc(-c3c(N(c4ccc(-c5ccc6ccccc6c5)cc4)c4ccccc4-c4ccccc4)c4ccccc4c4ccccc34)cc2)cc1. The standard InChI is InChI=1S/C54H37N/c1-3-15-38(16-4-1)40-27-30-43(31-28-40)53-50-24-11-9-22-48(50)49-23-10-12-25-51(49)54(53)55(52-26-14-13-21-47(52)42-18-5-2-6-19-42)46-35-33-41(34-36-46)45-32-29-39-17-7-8-20-44(39)37-45/h1-37H. The highest BCUT2D eigenvalue weighted by molar-refractivity contribution is 6.22. The number of rotatable bonds is 7. The lowest BCUT2D eigenvalue weighted by molar-refractivity contribution is 1.30. The molecule has 55 heavy (non-hydrogen) atoms. The summed E-state index contributed by atoms with van der Waals surface area (Å²) in [5.41, 5.74) is 12.9. The van der Waals surface area contributed by atoms with Gasteiger partial charge in [0.1, 0.15) is 0 Å². The van der Waals surface area contributed by atoms with Crippen molar-refractivity contribution in [1.82, 2.24) is 0 Å². The Kier molecular flexibility index (Phi) is 8.24. The van der Waals surface area contributed by atoms with E-state index in [1.807, 2.05) is 0 Å². The van der Waals surface area contributed by atoms with Crippen molar-refractivity contribution in [3.8, 4) is 44.5 Å². The van der Waals surface area contributed by atoms with Crippen LogP contribution in [0.1, 0.15) is 0 Å². The quantitative estimate of drug-likeness (QED) is 0.150. The minimum absolute atomic E-state index is 1.09. The average Bonchev–Trinajstić information content (AvgIpc) is 3.27. The summed E-state index contributed by atoms with van der Waals surface area (Å²) in [6.07, 6.45) is 0. The number of para-hydroxylation sites is 1. The maximum Gasteiger partial charge on any atom is 0.0625 e. The van der Waals surface area contributed by atoms with Crippen LogP contribution in [0.3, 0.4) is 0 Å². The van der Waals surface area contributed by atoms with Gasteiger partial charge in [0.15, 0.2) is 0 Å². The maximum absolute atomic E-state index is 2.50. The molecule has 0 heterocycles. The molecule has 0 aromatic heterocycles. The Morgan fingerprint density at radius 3 is 1.47 bits per heavy atom. The first-order chi connectivity index (χ1) is 27.3. The molecule has 10 aromatic carbocycles. The monoisotopic (exact) mass is 699 g/mol. The molecule has 0 bridgehead atoms. The Labute approximate surface area is 322 Å². The number of hydrogen-bond donors (Lipinski definition) is 0. The van der Waals surface area contributed by atoms with Crippen LogP contribution < -0.4 is 4.90 Å². The van der Waals surface area contributed by atoms with E-state index in [1.165, 1.54) is 76.8 Å². The fourth-order valence-corrected chi connectivity index (χ4v) is 8.20. The van der Waals surface area contributed by atoms with Gasteiger partial charge in [-0.3, -0.25) is 0 Å². The molecule has 0 unspecified atom stereocenters. The molecular formula is C54H37N. The third-order valence-electron chi connectivity index (χ3n) is 10.8. The van der Waals surface area contributed by atoms with Gasteiger partial charge in [-0.1, -0.05) is 200 Å².